The second-order valence-corrected chi connectivity index (χ2v) is 7.78. The molecule has 0 heterocycles. The molecule has 1 N–H and O–H groups in total. The van der Waals surface area contributed by atoms with Crippen molar-refractivity contribution in [3.05, 3.63) is 28.2 Å². The lowest BCUT2D eigenvalue weighted by Gasteiger charge is -2.32. The summed E-state index contributed by atoms with van der Waals surface area (Å²) >= 11 is 3.67. The summed E-state index contributed by atoms with van der Waals surface area (Å²) in [5, 5.41) is 3.55. The lowest BCUT2D eigenvalue weighted by molar-refractivity contribution is 0.0999. The molecule has 0 spiro atoms. The molecule has 2 nitrogen and oxygen atoms in total. The van der Waals surface area contributed by atoms with Gasteiger partial charge in [-0.15, -0.1) is 0 Å². The van der Waals surface area contributed by atoms with Crippen LogP contribution >= 0.6 is 15.9 Å². The zero-order valence-corrected chi connectivity index (χ0v) is 14.7. The van der Waals surface area contributed by atoms with Gasteiger partial charge in [0, 0.05) is 12.6 Å². The van der Waals surface area contributed by atoms with Gasteiger partial charge in [0.2, 0.25) is 0 Å². The third-order valence-corrected chi connectivity index (χ3v) is 5.63. The normalized spacial score (nSPS) is 29.4. The van der Waals surface area contributed by atoms with Crippen molar-refractivity contribution in [1.29, 1.82) is 0 Å². The summed E-state index contributed by atoms with van der Waals surface area (Å²) in [5.74, 6) is 2.60. The Hall–Kier alpha value is -0.540. The van der Waals surface area contributed by atoms with Crippen molar-refractivity contribution in [2.45, 2.75) is 64.6 Å². The third-order valence-electron chi connectivity index (χ3n) is 5.01. The van der Waals surface area contributed by atoms with Gasteiger partial charge in [-0.2, -0.15) is 0 Å². The van der Waals surface area contributed by atoms with Crippen molar-refractivity contribution in [1.82, 2.24) is 5.32 Å². The van der Waals surface area contributed by atoms with Crippen LogP contribution in [0.25, 0.3) is 0 Å². The predicted octanol–water partition coefficient (Wildman–Crippen LogP) is 4.90. The van der Waals surface area contributed by atoms with Crippen LogP contribution in [0.3, 0.4) is 0 Å². The van der Waals surface area contributed by atoms with Gasteiger partial charge in [0.05, 0.1) is 10.6 Å². The number of nitrogens with one attached hydrogen (secondary N) is 1. The number of rotatable bonds is 5. The first-order valence-corrected chi connectivity index (χ1v) is 9.09. The van der Waals surface area contributed by atoms with Gasteiger partial charge in [-0.25, -0.2) is 0 Å². The quantitative estimate of drug-likeness (QED) is 0.813. The highest BCUT2D eigenvalue weighted by Gasteiger charge is 2.26. The first-order chi connectivity index (χ1) is 10.1. The van der Waals surface area contributed by atoms with Crippen molar-refractivity contribution in [3.8, 4) is 5.75 Å². The molecular formula is C18H26BrNO. The first kappa shape index (κ1) is 15.4. The fourth-order valence-corrected chi connectivity index (χ4v) is 3.60. The van der Waals surface area contributed by atoms with Gasteiger partial charge in [0.1, 0.15) is 5.75 Å². The first-order valence-electron chi connectivity index (χ1n) is 8.30. The molecule has 2 fully saturated rings. The Morgan fingerprint density at radius 3 is 2.62 bits per heavy atom. The Morgan fingerprint density at radius 2 is 1.95 bits per heavy atom. The zero-order chi connectivity index (χ0) is 14.8. The summed E-state index contributed by atoms with van der Waals surface area (Å²) in [5.41, 5.74) is 1.33. The molecule has 0 radical (unpaired) electrons. The molecule has 2 aliphatic carbocycles. The second kappa shape index (κ2) is 6.70. The molecule has 2 saturated carbocycles. The molecule has 3 unspecified atom stereocenters. The molecule has 116 valence electrons. The van der Waals surface area contributed by atoms with E-state index in [1.165, 1.54) is 37.7 Å². The van der Waals surface area contributed by atoms with Gasteiger partial charge in [-0.05, 0) is 77.6 Å². The lowest BCUT2D eigenvalue weighted by Crippen LogP contribution is -2.28. The number of hydrogen-bond donors (Lipinski definition) is 1. The van der Waals surface area contributed by atoms with Crippen LogP contribution in [0.15, 0.2) is 22.7 Å². The Labute approximate surface area is 136 Å². The molecule has 2 aliphatic rings. The van der Waals surface area contributed by atoms with Crippen LogP contribution in [0.5, 0.6) is 5.75 Å². The molecule has 1 aromatic rings. The number of ether oxygens (including phenoxy) is 1. The molecule has 3 rings (SSSR count). The number of hydrogen-bond acceptors (Lipinski definition) is 2. The van der Waals surface area contributed by atoms with Gasteiger partial charge in [-0.1, -0.05) is 19.9 Å². The van der Waals surface area contributed by atoms with Gasteiger partial charge in [0.25, 0.3) is 0 Å². The maximum absolute atomic E-state index is 6.23. The highest BCUT2D eigenvalue weighted by atomic mass is 79.9. The molecule has 0 saturated heterocycles. The lowest BCUT2D eigenvalue weighted by atomic mass is 9.80. The molecule has 0 amide bonds. The van der Waals surface area contributed by atoms with Gasteiger partial charge >= 0.3 is 0 Å². The maximum atomic E-state index is 6.23. The van der Waals surface area contributed by atoms with E-state index in [4.69, 9.17) is 4.74 Å². The van der Waals surface area contributed by atoms with E-state index in [0.29, 0.717) is 6.10 Å². The smallest absolute Gasteiger partial charge is 0.133 e. The molecule has 0 bridgehead atoms. The summed E-state index contributed by atoms with van der Waals surface area (Å²) in [6.07, 6.45) is 6.69. The average molecular weight is 352 g/mol. The second-order valence-electron chi connectivity index (χ2n) is 6.93. The highest BCUT2D eigenvalue weighted by Crippen LogP contribution is 2.34. The van der Waals surface area contributed by atoms with Crippen molar-refractivity contribution < 1.29 is 4.74 Å². The summed E-state index contributed by atoms with van der Waals surface area (Å²) in [6.45, 7) is 5.67. The topological polar surface area (TPSA) is 21.3 Å². The van der Waals surface area contributed by atoms with Crippen LogP contribution in [0.1, 0.15) is 51.5 Å². The van der Waals surface area contributed by atoms with Gasteiger partial charge in [-0.3, -0.25) is 0 Å². The fraction of sp³-hybridized carbons (Fsp3) is 0.667. The number of halogens is 1. The van der Waals surface area contributed by atoms with E-state index < -0.39 is 0 Å². The average Bonchev–Trinajstić information content (AvgIpc) is 3.27. The van der Waals surface area contributed by atoms with Crippen LogP contribution in [-0.2, 0) is 6.54 Å². The highest BCUT2D eigenvalue weighted by molar-refractivity contribution is 9.10. The number of benzene rings is 1. The van der Waals surface area contributed by atoms with Crippen LogP contribution in [0, 0.1) is 11.8 Å². The van der Waals surface area contributed by atoms with Crippen molar-refractivity contribution in [3.63, 3.8) is 0 Å². The molecule has 3 heteroatoms. The minimum atomic E-state index is 0.378. The minimum Gasteiger partial charge on any atom is -0.489 e. The Bertz CT molecular complexity index is 486. The Morgan fingerprint density at radius 1 is 1.14 bits per heavy atom. The summed E-state index contributed by atoms with van der Waals surface area (Å²) in [4.78, 5) is 0. The summed E-state index contributed by atoms with van der Waals surface area (Å²) < 4.78 is 7.32. The monoisotopic (exact) mass is 351 g/mol. The SMILES string of the molecule is CC1CCC(Oc2ccc(CNC3CC3)cc2Br)CC1C. The summed E-state index contributed by atoms with van der Waals surface area (Å²) in [6, 6.07) is 7.26. The van der Waals surface area contributed by atoms with Crippen LogP contribution < -0.4 is 10.1 Å². The molecule has 0 aromatic heterocycles. The summed E-state index contributed by atoms with van der Waals surface area (Å²) in [7, 11) is 0. The van der Waals surface area contributed by atoms with Gasteiger partial charge in [0.15, 0.2) is 0 Å². The minimum absolute atomic E-state index is 0.378. The predicted molar refractivity (Wildman–Crippen MR) is 90.6 cm³/mol. The standard InChI is InChI=1S/C18H26BrNO/c1-12-3-7-16(9-13(12)2)21-18-8-4-14(10-17(18)19)11-20-15-5-6-15/h4,8,10,12-13,15-16,20H,3,5-7,9,11H2,1-2H3. The molecular weight excluding hydrogens is 326 g/mol. The fourth-order valence-electron chi connectivity index (χ4n) is 3.08. The van der Waals surface area contributed by atoms with Crippen molar-refractivity contribution in [2.75, 3.05) is 0 Å². The van der Waals surface area contributed by atoms with E-state index in [9.17, 15) is 0 Å². The van der Waals surface area contributed by atoms with Crippen molar-refractivity contribution >= 4 is 15.9 Å². The van der Waals surface area contributed by atoms with E-state index in [-0.39, 0.29) is 0 Å². The van der Waals surface area contributed by atoms with E-state index in [1.54, 1.807) is 0 Å². The largest absolute Gasteiger partial charge is 0.489 e. The molecule has 0 aliphatic heterocycles. The van der Waals surface area contributed by atoms with Crippen LogP contribution in [-0.4, -0.2) is 12.1 Å². The Kier molecular flexibility index (Phi) is 4.90. The third kappa shape index (κ3) is 4.23. The maximum Gasteiger partial charge on any atom is 0.133 e. The van der Waals surface area contributed by atoms with Crippen LogP contribution in [0.2, 0.25) is 0 Å². The van der Waals surface area contributed by atoms with E-state index in [0.717, 1.165) is 34.6 Å². The van der Waals surface area contributed by atoms with E-state index in [2.05, 4.69) is 53.3 Å². The van der Waals surface area contributed by atoms with Gasteiger partial charge < -0.3 is 10.1 Å². The molecule has 21 heavy (non-hydrogen) atoms. The van der Waals surface area contributed by atoms with Crippen LogP contribution in [0.4, 0.5) is 0 Å². The van der Waals surface area contributed by atoms with E-state index >= 15 is 0 Å². The van der Waals surface area contributed by atoms with E-state index in [1.807, 2.05) is 0 Å². The zero-order valence-electron chi connectivity index (χ0n) is 13.1. The molecule has 1 aromatic carbocycles. The molecule has 3 atom stereocenters. The van der Waals surface area contributed by atoms with Crippen molar-refractivity contribution in [2.24, 2.45) is 11.8 Å². The Balaban J connectivity index is 1.57.